The zero-order chi connectivity index (χ0) is 16.4. The second-order valence-electron chi connectivity index (χ2n) is 5.16. The highest BCUT2D eigenvalue weighted by molar-refractivity contribution is 5.89. The smallest absolute Gasteiger partial charge is 0.253 e. The predicted molar refractivity (Wildman–Crippen MR) is 80.6 cm³/mol. The highest BCUT2D eigenvalue weighted by Gasteiger charge is 2.30. The molecule has 0 bridgehead atoms. The largest absolute Gasteiger partial charge is 0.383 e. The summed E-state index contributed by atoms with van der Waals surface area (Å²) >= 11 is 0. The topological polar surface area (TPSA) is 105 Å². The second kappa shape index (κ2) is 10.5. The lowest BCUT2D eigenvalue weighted by Gasteiger charge is -2.28. The molecule has 7 nitrogen and oxygen atoms in total. The first-order valence-electron chi connectivity index (χ1n) is 7.33. The summed E-state index contributed by atoms with van der Waals surface area (Å²) in [7, 11) is 3.03. The number of aliphatic hydroxyl groups is 1. The van der Waals surface area contributed by atoms with E-state index >= 15 is 0 Å². The van der Waals surface area contributed by atoms with Gasteiger partial charge in [-0.1, -0.05) is 19.8 Å². The molecule has 0 rings (SSSR count). The third-order valence-electron chi connectivity index (χ3n) is 3.46. The molecule has 0 saturated carbocycles. The van der Waals surface area contributed by atoms with Crippen molar-refractivity contribution in [3.63, 3.8) is 0 Å². The first-order valence-corrected chi connectivity index (χ1v) is 7.33. The summed E-state index contributed by atoms with van der Waals surface area (Å²) in [4.78, 5) is 25.2. The van der Waals surface area contributed by atoms with Crippen LogP contribution >= 0.6 is 0 Å². The molecule has 4 N–H and O–H groups in total. The van der Waals surface area contributed by atoms with Gasteiger partial charge in [0.2, 0.25) is 5.91 Å². The summed E-state index contributed by atoms with van der Waals surface area (Å²) in [5.41, 5.74) is 5.80. The zero-order valence-corrected chi connectivity index (χ0v) is 13.5. The van der Waals surface area contributed by atoms with Crippen LogP contribution in [0.3, 0.4) is 0 Å². The number of carbonyl (C=O) groups excluding carboxylic acids is 2. The van der Waals surface area contributed by atoms with Crippen LogP contribution < -0.4 is 11.1 Å². The fraction of sp³-hybridized carbons (Fsp3) is 0.857. The number of rotatable bonds is 10. The monoisotopic (exact) mass is 303 g/mol. The highest BCUT2D eigenvalue weighted by atomic mass is 16.5. The van der Waals surface area contributed by atoms with Gasteiger partial charge in [-0.2, -0.15) is 0 Å². The van der Waals surface area contributed by atoms with Crippen LogP contribution in [0.4, 0.5) is 0 Å². The molecule has 0 saturated heterocycles. The van der Waals surface area contributed by atoms with Crippen molar-refractivity contribution in [3.8, 4) is 0 Å². The van der Waals surface area contributed by atoms with E-state index in [4.69, 9.17) is 10.5 Å². The van der Waals surface area contributed by atoms with Crippen LogP contribution in [-0.2, 0) is 14.3 Å². The number of ether oxygens (including phenoxy) is 1. The minimum atomic E-state index is -1.28. The third-order valence-corrected chi connectivity index (χ3v) is 3.46. The quantitative estimate of drug-likeness (QED) is 0.471. The Kier molecular flexibility index (Phi) is 9.94. The molecule has 1 unspecified atom stereocenters. The van der Waals surface area contributed by atoms with Gasteiger partial charge < -0.3 is 25.8 Å². The molecular weight excluding hydrogens is 274 g/mol. The molecule has 0 radical (unpaired) electrons. The van der Waals surface area contributed by atoms with E-state index < -0.39 is 24.1 Å². The summed E-state index contributed by atoms with van der Waals surface area (Å²) in [6.07, 6.45) is 1.09. The first kappa shape index (κ1) is 19.8. The fourth-order valence-corrected chi connectivity index (χ4v) is 1.78. The van der Waals surface area contributed by atoms with Crippen molar-refractivity contribution in [2.45, 2.75) is 51.3 Å². The van der Waals surface area contributed by atoms with Crippen molar-refractivity contribution in [2.24, 2.45) is 5.73 Å². The zero-order valence-electron chi connectivity index (χ0n) is 13.5. The molecule has 0 fully saturated rings. The maximum atomic E-state index is 12.1. The standard InChI is InChI=1S/C14H29N3O4/c1-5-6-7-11(15)12(18)14(20)17(3)10(2)13(19)16-8-9-21-4/h10-12,18H,5-9,15H2,1-4H3,(H,16,19)/t10-,11+,12?/m0/s1. The lowest BCUT2D eigenvalue weighted by molar-refractivity contribution is -0.146. The van der Waals surface area contributed by atoms with Crippen LogP contribution in [-0.4, -0.2) is 67.3 Å². The van der Waals surface area contributed by atoms with E-state index in [9.17, 15) is 14.7 Å². The summed E-state index contributed by atoms with van der Waals surface area (Å²) < 4.78 is 4.84. The molecule has 21 heavy (non-hydrogen) atoms. The third kappa shape index (κ3) is 6.88. The van der Waals surface area contributed by atoms with E-state index in [0.29, 0.717) is 19.6 Å². The van der Waals surface area contributed by atoms with Crippen LogP contribution in [0.25, 0.3) is 0 Å². The Hall–Kier alpha value is -1.18. The van der Waals surface area contributed by atoms with Gasteiger partial charge in [-0.25, -0.2) is 0 Å². The Balaban J connectivity index is 4.43. The van der Waals surface area contributed by atoms with Crippen LogP contribution in [0.5, 0.6) is 0 Å². The van der Waals surface area contributed by atoms with Crippen molar-refractivity contribution in [1.29, 1.82) is 0 Å². The normalized spacial score (nSPS) is 15.1. The molecule has 0 heterocycles. The number of aliphatic hydroxyl groups excluding tert-OH is 1. The van der Waals surface area contributed by atoms with Crippen LogP contribution in [0.1, 0.15) is 33.1 Å². The fourth-order valence-electron chi connectivity index (χ4n) is 1.78. The molecule has 124 valence electrons. The molecule has 0 aromatic rings. The summed E-state index contributed by atoms with van der Waals surface area (Å²) in [6.45, 7) is 4.39. The van der Waals surface area contributed by atoms with E-state index in [1.807, 2.05) is 6.92 Å². The van der Waals surface area contributed by atoms with E-state index in [1.165, 1.54) is 11.9 Å². The molecule has 0 aliphatic rings. The van der Waals surface area contributed by atoms with Gasteiger partial charge in [-0.15, -0.1) is 0 Å². The number of nitrogens with two attached hydrogens (primary N) is 1. The van der Waals surface area contributed by atoms with Gasteiger partial charge in [-0.3, -0.25) is 9.59 Å². The predicted octanol–water partition coefficient (Wildman–Crippen LogP) is -0.526. The van der Waals surface area contributed by atoms with Gasteiger partial charge in [-0.05, 0) is 13.3 Å². The lowest BCUT2D eigenvalue weighted by atomic mass is 10.0. The van der Waals surface area contributed by atoms with Crippen molar-refractivity contribution in [2.75, 3.05) is 27.3 Å². The summed E-state index contributed by atoms with van der Waals surface area (Å²) in [6, 6.07) is -1.29. The van der Waals surface area contributed by atoms with Crippen LogP contribution in [0, 0.1) is 0 Å². The maximum Gasteiger partial charge on any atom is 0.253 e. The van der Waals surface area contributed by atoms with Gasteiger partial charge in [0, 0.05) is 26.7 Å². The molecule has 2 amide bonds. The summed E-state index contributed by atoms with van der Waals surface area (Å²) in [5.74, 6) is -0.828. The van der Waals surface area contributed by atoms with Gasteiger partial charge in [0.25, 0.3) is 5.91 Å². The number of methoxy groups -OCH3 is 1. The van der Waals surface area contributed by atoms with Crippen LogP contribution in [0.15, 0.2) is 0 Å². The minimum absolute atomic E-state index is 0.294. The molecule has 0 aromatic heterocycles. The SMILES string of the molecule is CCCC[C@@H](N)C(O)C(=O)N(C)[C@@H](C)C(=O)NCCOC. The second-order valence-corrected chi connectivity index (χ2v) is 5.16. The number of hydrogen-bond acceptors (Lipinski definition) is 5. The Morgan fingerprint density at radius 2 is 2.05 bits per heavy atom. The molecule has 3 atom stereocenters. The van der Waals surface area contributed by atoms with Gasteiger partial charge in [0.15, 0.2) is 0 Å². The number of nitrogens with zero attached hydrogens (tertiary/aromatic N) is 1. The Morgan fingerprint density at radius 3 is 2.57 bits per heavy atom. The van der Waals surface area contributed by atoms with Gasteiger partial charge in [0.1, 0.15) is 12.1 Å². The number of amides is 2. The number of carbonyl (C=O) groups is 2. The molecule has 7 heteroatoms. The van der Waals surface area contributed by atoms with Crippen molar-refractivity contribution < 1.29 is 19.4 Å². The van der Waals surface area contributed by atoms with Gasteiger partial charge in [0.05, 0.1) is 6.61 Å². The minimum Gasteiger partial charge on any atom is -0.383 e. The first-order chi connectivity index (χ1) is 9.86. The number of likely N-dealkylation sites (N-methyl/N-ethyl adjacent to an activating group) is 1. The number of unbranched alkanes of at least 4 members (excludes halogenated alkanes) is 1. The molecule has 0 spiro atoms. The lowest BCUT2D eigenvalue weighted by Crippen LogP contribution is -2.53. The average molecular weight is 303 g/mol. The Labute approximate surface area is 126 Å². The van der Waals surface area contributed by atoms with Crippen molar-refractivity contribution in [1.82, 2.24) is 10.2 Å². The van der Waals surface area contributed by atoms with Gasteiger partial charge >= 0.3 is 0 Å². The number of nitrogens with one attached hydrogen (secondary N) is 1. The van der Waals surface area contributed by atoms with Crippen molar-refractivity contribution >= 4 is 11.8 Å². The molecule has 0 aliphatic heterocycles. The highest BCUT2D eigenvalue weighted by Crippen LogP contribution is 2.07. The molecule has 0 aromatic carbocycles. The Bertz CT molecular complexity index is 325. The van der Waals surface area contributed by atoms with Crippen molar-refractivity contribution in [3.05, 3.63) is 0 Å². The molecular formula is C14H29N3O4. The maximum absolute atomic E-state index is 12.1. The molecule has 0 aliphatic carbocycles. The number of hydrogen-bond donors (Lipinski definition) is 3. The van der Waals surface area contributed by atoms with E-state index in [-0.39, 0.29) is 5.91 Å². The summed E-state index contributed by atoms with van der Waals surface area (Å²) in [5, 5.41) is 12.6. The average Bonchev–Trinajstić information content (AvgIpc) is 2.49. The Morgan fingerprint density at radius 1 is 1.43 bits per heavy atom. The van der Waals surface area contributed by atoms with Crippen LogP contribution in [0.2, 0.25) is 0 Å². The van der Waals surface area contributed by atoms with E-state index in [0.717, 1.165) is 12.8 Å². The van der Waals surface area contributed by atoms with E-state index in [2.05, 4.69) is 5.32 Å². The van der Waals surface area contributed by atoms with E-state index in [1.54, 1.807) is 14.0 Å².